The third-order valence-corrected chi connectivity index (χ3v) is 13.6. The zero-order chi connectivity index (χ0) is 47.7. The molecule has 0 aliphatic carbocycles. The van der Waals surface area contributed by atoms with Crippen molar-refractivity contribution in [1.29, 1.82) is 0 Å². The van der Waals surface area contributed by atoms with Gasteiger partial charge in [-0.3, -0.25) is 32.5 Å². The summed E-state index contributed by atoms with van der Waals surface area (Å²) < 4.78 is 68.3. The van der Waals surface area contributed by atoms with Crippen LogP contribution in [0.5, 0.6) is 11.5 Å². The summed E-state index contributed by atoms with van der Waals surface area (Å²) >= 11 is 1.04. The number of imidazole rings is 1. The molecule has 0 radical (unpaired) electrons. The number of aliphatic hydroxyl groups is 2. The average molecular weight is 992 g/mol. The molecule has 0 spiro atoms. The second-order valence-electron chi connectivity index (χ2n) is 14.9. The number of anilines is 1. The molecule has 1 fully saturated rings. The number of fused-ring (bicyclic) bond motifs is 1. The van der Waals surface area contributed by atoms with Crippen LogP contribution < -0.4 is 21.1 Å². The van der Waals surface area contributed by atoms with E-state index in [-0.39, 0.29) is 47.4 Å². The summed E-state index contributed by atoms with van der Waals surface area (Å²) in [6.07, 6.45) is -7.01. The van der Waals surface area contributed by atoms with Gasteiger partial charge >= 0.3 is 23.5 Å². The largest absolute Gasteiger partial charge is 0.481 e. The highest BCUT2D eigenvalue weighted by atomic mass is 32.2. The molecule has 2 amide bonds. The molecule has 0 bridgehead atoms. The van der Waals surface area contributed by atoms with Gasteiger partial charge in [0.15, 0.2) is 22.8 Å². The summed E-state index contributed by atoms with van der Waals surface area (Å²) in [5.74, 6) is -0.437. The molecule has 0 saturated carbocycles. The molecule has 65 heavy (non-hydrogen) atoms. The zero-order valence-electron chi connectivity index (χ0n) is 34.8. The fourth-order valence-electron chi connectivity index (χ4n) is 6.01. The molecule has 8 atom stereocenters. The lowest BCUT2D eigenvalue weighted by Crippen LogP contribution is -2.46. The van der Waals surface area contributed by atoms with Gasteiger partial charge in [0.2, 0.25) is 11.8 Å². The Balaban J connectivity index is 1.02. The predicted octanol–water partition coefficient (Wildman–Crippen LogP) is 2.26. The summed E-state index contributed by atoms with van der Waals surface area (Å²) in [7, 11) is -16.5. The average Bonchev–Trinajstić information content (AvgIpc) is 3.80. The maximum absolute atomic E-state index is 12.8. The number of nitrogen functional groups attached to an aromatic ring is 1. The number of carbonyl (C=O) groups excluding carboxylic acids is 3. The molecule has 29 heteroatoms. The number of para-hydroxylation sites is 1. The number of rotatable bonds is 23. The van der Waals surface area contributed by atoms with Gasteiger partial charge in [0.05, 0.1) is 25.5 Å². The van der Waals surface area contributed by atoms with Gasteiger partial charge < -0.3 is 55.6 Å². The Morgan fingerprint density at radius 2 is 1.65 bits per heavy atom. The second-order valence-corrected chi connectivity index (χ2v) is 20.3. The highest BCUT2D eigenvalue weighted by molar-refractivity contribution is 8.13. The van der Waals surface area contributed by atoms with E-state index in [1.54, 1.807) is 25.1 Å². The maximum atomic E-state index is 12.8. The number of ether oxygens (including phenoxy) is 2. The SMILES string of the molecule is CC(C(=O)SCCNC(=O)CCNC(=O)C(O)C(C)(C)COP(=O)(O)OP(=O)(O)OCC1OC(n2cnc3c(N)ncnc32)C(O)C1OP(=O)(O)O)c1cccc(Oc2ccccc2)c1. The van der Waals surface area contributed by atoms with Gasteiger partial charge in [-0.2, -0.15) is 4.31 Å². The van der Waals surface area contributed by atoms with Crippen molar-refractivity contribution in [1.82, 2.24) is 30.2 Å². The number of nitrogens with one attached hydrogen (secondary N) is 2. The maximum Gasteiger partial charge on any atom is 0.481 e. The van der Waals surface area contributed by atoms with Crippen molar-refractivity contribution in [2.75, 3.05) is 37.8 Å². The lowest BCUT2D eigenvalue weighted by molar-refractivity contribution is -0.137. The molecule has 1 aliphatic rings. The van der Waals surface area contributed by atoms with Crippen LogP contribution in [0.1, 0.15) is 44.9 Å². The van der Waals surface area contributed by atoms with E-state index >= 15 is 0 Å². The first-order valence-corrected chi connectivity index (χ1v) is 24.8. The molecular formula is C36H48N7O18P3S. The second kappa shape index (κ2) is 22.1. The zero-order valence-corrected chi connectivity index (χ0v) is 38.3. The number of hydrogen-bond donors (Lipinski definition) is 9. The number of aromatic nitrogens is 4. The number of hydrogen-bond acceptors (Lipinski definition) is 19. The third kappa shape index (κ3) is 14.9. The van der Waals surface area contributed by atoms with Gasteiger partial charge in [0, 0.05) is 30.7 Å². The summed E-state index contributed by atoms with van der Waals surface area (Å²) in [4.78, 5) is 89.1. The Morgan fingerprint density at radius 1 is 0.954 bits per heavy atom. The van der Waals surface area contributed by atoms with Crippen molar-refractivity contribution in [2.45, 2.75) is 63.8 Å². The number of benzene rings is 2. The Hall–Kier alpha value is -4.20. The lowest BCUT2D eigenvalue weighted by Gasteiger charge is -2.30. The van der Waals surface area contributed by atoms with Crippen molar-refractivity contribution >= 4 is 69.1 Å². The summed E-state index contributed by atoms with van der Waals surface area (Å²) in [6, 6.07) is 16.4. The van der Waals surface area contributed by atoms with Crippen LogP contribution in [0.25, 0.3) is 11.2 Å². The van der Waals surface area contributed by atoms with Crippen LogP contribution in [0, 0.1) is 5.41 Å². The minimum atomic E-state index is -5.59. The van der Waals surface area contributed by atoms with Crippen molar-refractivity contribution < 1.29 is 85.2 Å². The minimum absolute atomic E-state index is 0.0260. The standard InChI is InChI=1S/C36H48N7O18P3S/c1-21(22-8-7-11-24(16-22)58-23-9-5-4-6-10-23)35(48)65-15-14-38-26(44)12-13-39-33(47)30(46)36(2,3)18-57-64(54,55)61-63(52,53)56-17-25-29(60-62(49,50)51)28(45)34(59-25)43-20-42-27-31(37)40-19-41-32(27)43/h4-11,16,19-21,25,28-30,34,45-46H,12-15,17-18H2,1-3H3,(H,38,44)(H,39,47)(H,52,53)(H,54,55)(H2,37,40,41)(H2,49,50,51). The van der Waals surface area contributed by atoms with Crippen molar-refractivity contribution in [3.05, 3.63) is 72.8 Å². The van der Waals surface area contributed by atoms with E-state index in [0.717, 1.165) is 34.5 Å². The van der Waals surface area contributed by atoms with Crippen LogP contribution >= 0.6 is 35.2 Å². The number of carbonyl (C=O) groups is 3. The number of nitrogens with zero attached hydrogens (tertiary/aromatic N) is 4. The van der Waals surface area contributed by atoms with Gasteiger partial charge in [0.25, 0.3) is 0 Å². The van der Waals surface area contributed by atoms with Crippen molar-refractivity contribution in [3.8, 4) is 11.5 Å². The van der Waals surface area contributed by atoms with E-state index in [1.165, 1.54) is 13.8 Å². The van der Waals surface area contributed by atoms with E-state index in [9.17, 15) is 57.9 Å². The van der Waals surface area contributed by atoms with Gasteiger partial charge in [-0.15, -0.1) is 0 Å². The number of phosphoric ester groups is 3. The third-order valence-electron chi connectivity index (χ3n) is 9.44. The van der Waals surface area contributed by atoms with Crippen LogP contribution in [0.4, 0.5) is 5.82 Å². The van der Waals surface area contributed by atoms with Crippen LogP contribution in [0.2, 0.25) is 0 Å². The number of aliphatic hydroxyl groups excluding tert-OH is 2. The number of amides is 2. The number of nitrogens with two attached hydrogens (primary N) is 1. The summed E-state index contributed by atoms with van der Waals surface area (Å²) in [5, 5.41) is 26.5. The molecule has 3 heterocycles. The van der Waals surface area contributed by atoms with Crippen LogP contribution in [-0.4, -0.2) is 123 Å². The van der Waals surface area contributed by atoms with Crippen molar-refractivity contribution in [2.24, 2.45) is 5.41 Å². The molecule has 5 rings (SSSR count). The van der Waals surface area contributed by atoms with E-state index in [0.29, 0.717) is 11.5 Å². The van der Waals surface area contributed by atoms with Gasteiger partial charge in [-0.25, -0.2) is 28.6 Å². The first-order valence-electron chi connectivity index (χ1n) is 19.3. The number of phosphoric acid groups is 3. The first-order chi connectivity index (χ1) is 30.4. The van der Waals surface area contributed by atoms with E-state index in [2.05, 4.69) is 34.4 Å². The van der Waals surface area contributed by atoms with Gasteiger partial charge in [0.1, 0.15) is 47.8 Å². The quantitative estimate of drug-likeness (QED) is 0.0380. The molecular weight excluding hydrogens is 943 g/mol. The van der Waals surface area contributed by atoms with E-state index in [4.69, 9.17) is 24.3 Å². The van der Waals surface area contributed by atoms with Crippen LogP contribution in [0.15, 0.2) is 67.3 Å². The molecule has 2 aromatic heterocycles. The van der Waals surface area contributed by atoms with E-state index in [1.807, 2.05) is 36.4 Å². The normalized spacial score (nSPS) is 20.6. The Morgan fingerprint density at radius 3 is 2.35 bits per heavy atom. The van der Waals surface area contributed by atoms with Gasteiger partial charge in [-0.05, 0) is 29.8 Å². The highest BCUT2D eigenvalue weighted by Crippen LogP contribution is 2.61. The fourth-order valence-corrected chi connectivity index (χ4v) is 9.64. The Labute approximate surface area is 374 Å². The smallest absolute Gasteiger partial charge is 0.457 e. The molecule has 8 unspecified atom stereocenters. The molecule has 1 aliphatic heterocycles. The molecule has 10 N–H and O–H groups in total. The predicted molar refractivity (Wildman–Crippen MR) is 228 cm³/mol. The van der Waals surface area contributed by atoms with Gasteiger partial charge in [-0.1, -0.05) is 62.9 Å². The van der Waals surface area contributed by atoms with Crippen LogP contribution in [-0.2, 0) is 50.7 Å². The highest BCUT2D eigenvalue weighted by Gasteiger charge is 2.50. The van der Waals surface area contributed by atoms with Crippen molar-refractivity contribution in [3.63, 3.8) is 0 Å². The van der Waals surface area contributed by atoms with Crippen LogP contribution in [0.3, 0.4) is 0 Å². The monoisotopic (exact) mass is 991 g/mol. The molecule has 1 saturated heterocycles. The Bertz CT molecular complexity index is 2450. The summed E-state index contributed by atoms with van der Waals surface area (Å²) in [6.45, 7) is 2.15. The summed E-state index contributed by atoms with van der Waals surface area (Å²) in [5.41, 5.74) is 5.00. The first kappa shape index (κ1) is 51.8. The Kier molecular flexibility index (Phi) is 17.6. The number of thioether (sulfide) groups is 1. The topological polar surface area (TPSA) is 373 Å². The fraction of sp³-hybridized carbons (Fsp3) is 0.444. The molecule has 356 valence electrons. The molecule has 25 nitrogen and oxygen atoms in total. The van der Waals surface area contributed by atoms with E-state index < -0.39 is 90.5 Å². The minimum Gasteiger partial charge on any atom is -0.457 e. The lowest BCUT2D eigenvalue weighted by atomic mass is 9.87. The molecule has 4 aromatic rings. The molecule has 2 aromatic carbocycles.